The minimum Gasteiger partial charge on any atom is -0.491 e. The zero-order valence-electron chi connectivity index (χ0n) is 11.3. The number of hydrogen-bond acceptors (Lipinski definition) is 3. The molecule has 0 saturated heterocycles. The van der Waals surface area contributed by atoms with Crippen molar-refractivity contribution in [2.45, 2.75) is 6.54 Å². The van der Waals surface area contributed by atoms with Crippen LogP contribution in [0.15, 0.2) is 46.9 Å². The predicted molar refractivity (Wildman–Crippen MR) is 84.1 cm³/mol. The number of carboxylic acid groups (broad SMARTS) is 1. The van der Waals surface area contributed by atoms with E-state index in [1.54, 1.807) is 6.07 Å². The maximum absolute atomic E-state index is 11.1. The molecule has 0 saturated carbocycles. The molecule has 1 aliphatic heterocycles. The number of hydrogen-bond donors (Lipinski definition) is 1. The van der Waals surface area contributed by atoms with Crippen LogP contribution in [0, 0.1) is 0 Å². The van der Waals surface area contributed by atoms with Gasteiger partial charge in [-0.3, -0.25) is 0 Å². The van der Waals surface area contributed by atoms with Crippen LogP contribution in [0.4, 0.5) is 5.69 Å². The van der Waals surface area contributed by atoms with E-state index in [9.17, 15) is 4.79 Å². The number of nitrogens with zero attached hydrogens (tertiary/aromatic N) is 1. The molecule has 0 fully saturated rings. The lowest BCUT2D eigenvalue weighted by Gasteiger charge is -2.22. The van der Waals surface area contributed by atoms with Crippen LogP contribution in [0.25, 0.3) is 0 Å². The van der Waals surface area contributed by atoms with Crippen LogP contribution >= 0.6 is 15.9 Å². The number of para-hydroxylation sites is 1. The molecular formula is C16H14BrNO3. The topological polar surface area (TPSA) is 49.8 Å². The molecule has 2 aromatic rings. The second-order valence-corrected chi connectivity index (χ2v) is 5.70. The highest BCUT2D eigenvalue weighted by Crippen LogP contribution is 2.29. The standard InChI is InChI=1S/C16H14BrNO3/c17-14-9-12(5-6-13(14)16(19)20)18-7-8-21-15-4-2-1-3-11(15)10-18/h1-6,9H,7-8,10H2,(H,19,20). The Kier molecular flexibility index (Phi) is 3.84. The minimum atomic E-state index is -0.932. The molecule has 108 valence electrons. The Morgan fingerprint density at radius 1 is 1.24 bits per heavy atom. The SMILES string of the molecule is O=C(O)c1ccc(N2CCOc3ccccc3C2)cc1Br. The molecule has 1 N–H and O–H groups in total. The summed E-state index contributed by atoms with van der Waals surface area (Å²) in [4.78, 5) is 13.2. The van der Waals surface area contributed by atoms with Gasteiger partial charge in [-0.25, -0.2) is 4.79 Å². The van der Waals surface area contributed by atoms with Gasteiger partial charge >= 0.3 is 5.97 Å². The number of benzene rings is 2. The van der Waals surface area contributed by atoms with E-state index in [1.807, 2.05) is 36.4 Å². The van der Waals surface area contributed by atoms with Crippen molar-refractivity contribution in [3.05, 3.63) is 58.1 Å². The summed E-state index contributed by atoms with van der Waals surface area (Å²) >= 11 is 3.33. The second-order valence-electron chi connectivity index (χ2n) is 4.85. The Hall–Kier alpha value is -2.01. The van der Waals surface area contributed by atoms with Crippen LogP contribution in [0.5, 0.6) is 5.75 Å². The maximum Gasteiger partial charge on any atom is 0.336 e. The molecule has 0 radical (unpaired) electrons. The quantitative estimate of drug-likeness (QED) is 0.902. The lowest BCUT2D eigenvalue weighted by molar-refractivity contribution is 0.0696. The van der Waals surface area contributed by atoms with Crippen molar-refractivity contribution >= 4 is 27.6 Å². The highest BCUT2D eigenvalue weighted by Gasteiger charge is 2.17. The number of fused-ring (bicyclic) bond motifs is 1. The minimum absolute atomic E-state index is 0.269. The largest absolute Gasteiger partial charge is 0.491 e. The van der Waals surface area contributed by atoms with Gasteiger partial charge in [0.1, 0.15) is 12.4 Å². The summed E-state index contributed by atoms with van der Waals surface area (Å²) in [5.41, 5.74) is 2.38. The number of rotatable bonds is 2. The maximum atomic E-state index is 11.1. The van der Waals surface area contributed by atoms with E-state index in [0.717, 1.165) is 30.1 Å². The van der Waals surface area contributed by atoms with Crippen LogP contribution in [0.3, 0.4) is 0 Å². The fraction of sp³-hybridized carbons (Fsp3) is 0.188. The second kappa shape index (κ2) is 5.77. The van der Waals surface area contributed by atoms with Gasteiger partial charge in [-0.05, 0) is 40.2 Å². The summed E-state index contributed by atoms with van der Waals surface area (Å²) in [6.07, 6.45) is 0. The van der Waals surface area contributed by atoms with E-state index in [0.29, 0.717) is 11.1 Å². The molecule has 0 aromatic heterocycles. The average Bonchev–Trinajstić information content (AvgIpc) is 2.68. The Morgan fingerprint density at radius 3 is 2.81 bits per heavy atom. The van der Waals surface area contributed by atoms with Crippen LogP contribution in [0.1, 0.15) is 15.9 Å². The summed E-state index contributed by atoms with van der Waals surface area (Å²) in [6.45, 7) is 2.11. The molecule has 5 heteroatoms. The number of halogens is 1. The first-order valence-corrected chi connectivity index (χ1v) is 7.43. The molecule has 4 nitrogen and oxygen atoms in total. The lowest BCUT2D eigenvalue weighted by atomic mass is 10.1. The molecule has 0 unspecified atom stereocenters. The normalized spacial score (nSPS) is 14.0. The van der Waals surface area contributed by atoms with Crippen LogP contribution in [0.2, 0.25) is 0 Å². The van der Waals surface area contributed by atoms with Crippen molar-refractivity contribution in [3.63, 3.8) is 0 Å². The van der Waals surface area contributed by atoms with Gasteiger partial charge in [0, 0.05) is 22.3 Å². The molecule has 3 rings (SSSR count). The van der Waals surface area contributed by atoms with Crippen molar-refractivity contribution in [2.24, 2.45) is 0 Å². The first kappa shape index (κ1) is 13.9. The third kappa shape index (κ3) is 2.88. The first-order valence-electron chi connectivity index (χ1n) is 6.63. The van der Waals surface area contributed by atoms with Crippen molar-refractivity contribution in [1.29, 1.82) is 0 Å². The average molecular weight is 348 g/mol. The predicted octanol–water partition coefficient (Wildman–Crippen LogP) is 3.55. The molecule has 0 bridgehead atoms. The molecule has 2 aromatic carbocycles. The monoisotopic (exact) mass is 347 g/mol. The third-order valence-electron chi connectivity index (χ3n) is 3.50. The van der Waals surface area contributed by atoms with E-state index >= 15 is 0 Å². The van der Waals surface area contributed by atoms with Gasteiger partial charge in [0.2, 0.25) is 0 Å². The lowest BCUT2D eigenvalue weighted by Crippen LogP contribution is -2.25. The van der Waals surface area contributed by atoms with Crippen molar-refractivity contribution in [3.8, 4) is 5.75 Å². The fourth-order valence-electron chi connectivity index (χ4n) is 2.42. The van der Waals surface area contributed by atoms with Gasteiger partial charge in [-0.2, -0.15) is 0 Å². The zero-order valence-corrected chi connectivity index (χ0v) is 12.8. The van der Waals surface area contributed by atoms with E-state index in [-0.39, 0.29) is 5.56 Å². The van der Waals surface area contributed by atoms with Gasteiger partial charge in [-0.1, -0.05) is 18.2 Å². The highest BCUT2D eigenvalue weighted by molar-refractivity contribution is 9.10. The number of anilines is 1. The van der Waals surface area contributed by atoms with Crippen molar-refractivity contribution < 1.29 is 14.6 Å². The first-order chi connectivity index (χ1) is 10.1. The van der Waals surface area contributed by atoms with E-state index < -0.39 is 5.97 Å². The van der Waals surface area contributed by atoms with Gasteiger partial charge in [0.05, 0.1) is 12.1 Å². The smallest absolute Gasteiger partial charge is 0.336 e. The summed E-state index contributed by atoms with van der Waals surface area (Å²) in [5.74, 6) is -0.0146. The molecule has 1 aliphatic rings. The molecule has 0 spiro atoms. The molecule has 0 amide bonds. The number of aromatic carboxylic acids is 1. The molecule has 0 atom stereocenters. The van der Waals surface area contributed by atoms with Crippen molar-refractivity contribution in [2.75, 3.05) is 18.1 Å². The molecular weight excluding hydrogens is 334 g/mol. The zero-order chi connectivity index (χ0) is 14.8. The molecule has 1 heterocycles. The van der Waals surface area contributed by atoms with Gasteiger partial charge in [0.15, 0.2) is 0 Å². The van der Waals surface area contributed by atoms with Crippen LogP contribution in [-0.2, 0) is 6.54 Å². The van der Waals surface area contributed by atoms with Crippen molar-refractivity contribution in [1.82, 2.24) is 0 Å². The summed E-state index contributed by atoms with van der Waals surface area (Å²) in [7, 11) is 0. The molecule has 0 aliphatic carbocycles. The number of ether oxygens (including phenoxy) is 1. The van der Waals surface area contributed by atoms with E-state index in [1.165, 1.54) is 0 Å². The number of carbonyl (C=O) groups is 1. The summed E-state index contributed by atoms with van der Waals surface area (Å²) < 4.78 is 6.33. The highest BCUT2D eigenvalue weighted by atomic mass is 79.9. The van der Waals surface area contributed by atoms with E-state index in [4.69, 9.17) is 9.84 Å². The number of carboxylic acids is 1. The van der Waals surface area contributed by atoms with Crippen LogP contribution < -0.4 is 9.64 Å². The third-order valence-corrected chi connectivity index (χ3v) is 4.16. The van der Waals surface area contributed by atoms with Crippen LogP contribution in [-0.4, -0.2) is 24.2 Å². The Balaban J connectivity index is 1.91. The van der Waals surface area contributed by atoms with E-state index in [2.05, 4.69) is 20.8 Å². The van der Waals surface area contributed by atoms with Gasteiger partial charge in [0.25, 0.3) is 0 Å². The summed E-state index contributed by atoms with van der Waals surface area (Å²) in [6, 6.07) is 13.3. The van der Waals surface area contributed by atoms with Gasteiger partial charge in [-0.15, -0.1) is 0 Å². The summed E-state index contributed by atoms with van der Waals surface area (Å²) in [5, 5.41) is 9.08. The Morgan fingerprint density at radius 2 is 2.05 bits per heavy atom. The van der Waals surface area contributed by atoms with Gasteiger partial charge < -0.3 is 14.7 Å². The fourth-order valence-corrected chi connectivity index (χ4v) is 2.96. The Labute approximate surface area is 131 Å². The molecule has 21 heavy (non-hydrogen) atoms. The Bertz CT molecular complexity index is 687.